The van der Waals surface area contributed by atoms with Gasteiger partial charge in [-0.15, -0.1) is 0 Å². The number of nitrogens with zero attached hydrogens (tertiary/aromatic N) is 18. The number of alkyl halides is 6. The zero-order valence-electron chi connectivity index (χ0n) is 81.1. The van der Waals surface area contributed by atoms with Gasteiger partial charge in [0.15, 0.2) is 5.69 Å². The highest BCUT2D eigenvalue weighted by Gasteiger charge is 2.34. The van der Waals surface area contributed by atoms with Crippen LogP contribution < -0.4 is 0 Å². The predicted molar refractivity (Wildman–Crippen MR) is 555 cm³/mol. The first kappa shape index (κ1) is 112. The van der Waals surface area contributed by atoms with Gasteiger partial charge >= 0.3 is 12.4 Å². The normalized spacial score (nSPS) is 11.2. The molecule has 0 unspecified atom stereocenters. The number of rotatable bonds is 18. The van der Waals surface area contributed by atoms with Crippen molar-refractivity contribution in [2.45, 2.75) is 191 Å². The maximum atomic E-state index is 14.0. The second kappa shape index (κ2) is 50.4. The molecule has 34 heteroatoms. The number of benzene rings is 8. The summed E-state index contributed by atoms with van der Waals surface area (Å²) in [6.07, 6.45) is 17.6. The Kier molecular flexibility index (Phi) is 40.1. The summed E-state index contributed by atoms with van der Waals surface area (Å²) < 4.78 is 117. The molecule has 0 N–H and O–H groups in total. The van der Waals surface area contributed by atoms with E-state index < -0.39 is 35.1 Å². The average Bonchev–Trinajstić information content (AvgIpc) is 1.65. The molecule has 0 atom stereocenters. The molecule has 738 valence electrons. The molecule has 0 aliphatic rings. The van der Waals surface area contributed by atoms with Gasteiger partial charge in [-0.05, 0) is 253 Å². The van der Waals surface area contributed by atoms with Crippen molar-refractivity contribution >= 4 is 105 Å². The lowest BCUT2D eigenvalue weighted by atomic mass is 10.0. The lowest BCUT2D eigenvalue weighted by Crippen LogP contribution is -2.06. The van der Waals surface area contributed by atoms with Crippen molar-refractivity contribution in [3.63, 3.8) is 0 Å². The summed E-state index contributed by atoms with van der Waals surface area (Å²) in [7, 11) is 0. The number of hydrogen-bond donors (Lipinski definition) is 0. The first-order valence-electron chi connectivity index (χ1n) is 44.7. The Bertz CT molecular complexity index is 6920. The molecule has 8 aromatic heterocycles. The van der Waals surface area contributed by atoms with Crippen LogP contribution in [0.3, 0.4) is 0 Å². The highest BCUT2D eigenvalue weighted by atomic mass is 35.5. The third-order valence-corrected chi connectivity index (χ3v) is 23.9. The van der Waals surface area contributed by atoms with Gasteiger partial charge in [-0.25, -0.2) is 47.4 Å². The van der Waals surface area contributed by atoms with Gasteiger partial charge in [0.05, 0.1) is 127 Å². The van der Waals surface area contributed by atoms with Crippen LogP contribution >= 0.6 is 92.8 Å². The van der Waals surface area contributed by atoms with Gasteiger partial charge in [0.1, 0.15) is 30.1 Å². The summed E-state index contributed by atoms with van der Waals surface area (Å²) in [5.41, 5.74) is 18.9. The molecular formula is C107H108Cl8F8N18. The van der Waals surface area contributed by atoms with Gasteiger partial charge in [0.2, 0.25) is 0 Å². The van der Waals surface area contributed by atoms with E-state index in [0.29, 0.717) is 69.0 Å². The van der Waals surface area contributed by atoms with Crippen LogP contribution in [0.2, 0.25) is 40.2 Å². The Morgan fingerprint density at radius 1 is 0.348 bits per heavy atom. The summed E-state index contributed by atoms with van der Waals surface area (Å²) in [5, 5.41) is 38.0. The predicted octanol–water partition coefficient (Wildman–Crippen LogP) is 33.5. The van der Waals surface area contributed by atoms with E-state index in [-0.39, 0.29) is 39.0 Å². The van der Waals surface area contributed by atoms with E-state index in [1.807, 2.05) is 188 Å². The molecule has 8 heterocycles. The second-order valence-electron chi connectivity index (χ2n) is 35.0. The lowest BCUT2D eigenvalue weighted by Gasteiger charge is -2.15. The summed E-state index contributed by atoms with van der Waals surface area (Å²) in [6.45, 7) is 46.2. The zero-order valence-corrected chi connectivity index (χ0v) is 87.2. The fourth-order valence-electron chi connectivity index (χ4n) is 14.5. The van der Waals surface area contributed by atoms with E-state index in [4.69, 9.17) is 103 Å². The number of nitriles is 2. The van der Waals surface area contributed by atoms with E-state index in [1.165, 1.54) is 61.6 Å². The van der Waals surface area contributed by atoms with Crippen molar-refractivity contribution in [2.24, 2.45) is 0 Å². The minimum Gasteiger partial charge on any atom is -0.305 e. The zero-order chi connectivity index (χ0) is 104. The smallest absolute Gasteiger partial charge is 0.305 e. The van der Waals surface area contributed by atoms with E-state index >= 15 is 0 Å². The monoisotopic (exact) mass is 2080 g/mol. The molecular weight excluding hydrogens is 1970 g/mol. The third-order valence-electron chi connectivity index (χ3n) is 21.9. The molecule has 141 heavy (non-hydrogen) atoms. The van der Waals surface area contributed by atoms with E-state index in [0.717, 1.165) is 111 Å². The SMILES string of the molecule is C=Cc1cn(-c2ccc(Cl)cc2C(C)C)cn1.C=Cc1cn(-c2ccc(Cl)cc2C(C)C)cn1.CC(C)c1c(-n2cc(C#N)cn2)ccc(Cl)c1F.CC(C)c1c(-n2cc(C(F)(F)F)cn2)ccc(Cl)c1F.CC(C)c1cc(Cl)ccc1-n1cc(C(F)(F)F)cn1.CC(C)c1cc(Cl)ccc1-n1cnc(C#N)c1.Cc1cn(-c2ccc(Cl)cc2C(C)C)nc1C.Cc1cncn1-c1ccc(Cl)cc1C(C)C. The standard InChI is InChI=1S/C14H17ClN2.2C14H15ClN2.C13H11ClF4N2.C13H12ClF3N2.C13H11ClFN3.C13H12ClN3.C13H15ClN2/c1-9(2)13-7-12(15)5-6-14(13)17-8-10(3)11(4)16-17;2*1-4-12-8-17(9-16-12)14-6-5-11(15)7-13(14)10(2)3;1-7(2)11-10(4-3-9(14)12(11)15)20-6-8(5-19-20)13(16,17)18;1-8(2)11-5-10(14)3-4-12(11)19-7-9(6-18-19)13(15,16)17;1-8(2)12-11(4-3-10(14)13(12)15)18-7-9(5-16)6-17-18;1-9(2)12-5-10(14)3-4-13(12)17-7-11(6-15)16-8-17;1-9(2)12-6-11(14)4-5-13(12)16-8-15-7-10(16)3/h5-9H,1-4H3;2*4-10H,1H2,2-3H3;3-7H,1-2H3;3-8H,1-2H3;3-4,6-8H,1-2H3;3-5,7-9H,1-2H3;4-9H,1-3H3. The minimum absolute atomic E-state index is 0.0339. The number of hydrogen-bond acceptors (Lipinski definition) is 10. The molecule has 16 rings (SSSR count). The Labute approximate surface area is 857 Å². The molecule has 0 saturated heterocycles. The van der Waals surface area contributed by atoms with Crippen LogP contribution in [0.25, 0.3) is 57.7 Å². The summed E-state index contributed by atoms with van der Waals surface area (Å²) >= 11 is 47.6. The summed E-state index contributed by atoms with van der Waals surface area (Å²) in [5.74, 6) is 0.835. The van der Waals surface area contributed by atoms with Crippen molar-refractivity contribution in [3.05, 3.63) is 387 Å². The Hall–Kier alpha value is -12.3. The van der Waals surface area contributed by atoms with Gasteiger partial charge in [0.25, 0.3) is 0 Å². The first-order valence-corrected chi connectivity index (χ1v) is 47.7. The van der Waals surface area contributed by atoms with Crippen molar-refractivity contribution in [1.82, 2.24) is 77.3 Å². The van der Waals surface area contributed by atoms with Crippen molar-refractivity contribution in [3.8, 4) is 57.6 Å². The van der Waals surface area contributed by atoms with E-state index in [1.54, 1.807) is 81.6 Å². The van der Waals surface area contributed by atoms with Gasteiger partial charge in [-0.1, -0.05) is 217 Å². The topological polar surface area (TPSA) is 190 Å². The number of aryl methyl sites for hydroxylation is 3. The molecule has 0 spiro atoms. The van der Waals surface area contributed by atoms with Gasteiger partial charge in [-0.2, -0.15) is 57.3 Å². The van der Waals surface area contributed by atoms with Crippen molar-refractivity contribution < 1.29 is 35.1 Å². The maximum absolute atomic E-state index is 14.0. The van der Waals surface area contributed by atoms with Crippen molar-refractivity contribution in [1.29, 1.82) is 10.5 Å². The number of halogens is 16. The van der Waals surface area contributed by atoms with E-state index in [2.05, 4.69) is 140 Å². The molecule has 0 aliphatic heterocycles. The number of imidazole rings is 4. The molecule has 0 bridgehead atoms. The molecule has 0 aliphatic carbocycles. The van der Waals surface area contributed by atoms with Crippen LogP contribution in [-0.4, -0.2) is 77.3 Å². The van der Waals surface area contributed by atoms with Crippen molar-refractivity contribution in [2.75, 3.05) is 0 Å². The minimum atomic E-state index is -4.48. The summed E-state index contributed by atoms with van der Waals surface area (Å²) in [4.78, 5) is 16.6. The molecule has 0 saturated carbocycles. The van der Waals surface area contributed by atoms with Gasteiger partial charge in [-0.3, -0.25) is 0 Å². The highest BCUT2D eigenvalue weighted by Crippen LogP contribution is 2.39. The molecule has 16 aromatic rings. The van der Waals surface area contributed by atoms with Crippen LogP contribution in [0.5, 0.6) is 0 Å². The molecule has 0 amide bonds. The first-order chi connectivity index (χ1) is 66.5. The second-order valence-corrected chi connectivity index (χ2v) is 38.5. The van der Waals surface area contributed by atoms with Gasteiger partial charge in [0, 0.05) is 96.5 Å². The fraction of sp³-hybridized carbons (Fsp3) is 0.271. The Morgan fingerprint density at radius 2 is 0.667 bits per heavy atom. The van der Waals surface area contributed by atoms with Crippen LogP contribution in [0, 0.1) is 55.1 Å². The number of aromatic nitrogens is 16. The fourth-order valence-corrected chi connectivity index (χ4v) is 16.0. The van der Waals surface area contributed by atoms with Crippen LogP contribution in [-0.2, 0) is 12.4 Å². The van der Waals surface area contributed by atoms with Crippen LogP contribution in [0.15, 0.2) is 240 Å². The Morgan fingerprint density at radius 3 is 0.965 bits per heavy atom. The van der Waals surface area contributed by atoms with Gasteiger partial charge < -0.3 is 18.3 Å². The molecule has 0 fully saturated rings. The average molecular weight is 2080 g/mol. The maximum Gasteiger partial charge on any atom is 0.419 e. The molecule has 18 nitrogen and oxygen atoms in total. The quantitative estimate of drug-likeness (QED) is 0.0747. The van der Waals surface area contributed by atoms with Crippen LogP contribution in [0.1, 0.15) is 253 Å². The largest absolute Gasteiger partial charge is 0.419 e. The van der Waals surface area contributed by atoms with Crippen LogP contribution in [0.4, 0.5) is 35.1 Å². The van der Waals surface area contributed by atoms with E-state index in [9.17, 15) is 35.1 Å². The molecule has 8 aromatic carbocycles. The Balaban J connectivity index is 0.000000180. The lowest BCUT2D eigenvalue weighted by molar-refractivity contribution is -0.138. The molecule has 0 radical (unpaired) electrons. The highest BCUT2D eigenvalue weighted by molar-refractivity contribution is 6.33. The third kappa shape index (κ3) is 29.9. The summed E-state index contributed by atoms with van der Waals surface area (Å²) in [6, 6.07) is 44.6.